The summed E-state index contributed by atoms with van der Waals surface area (Å²) in [7, 11) is 0. The van der Waals surface area contributed by atoms with Gasteiger partial charge in [0.25, 0.3) is 5.56 Å². The largest absolute Gasteiger partial charge is 0.329 e. The van der Waals surface area contributed by atoms with Crippen molar-refractivity contribution in [1.82, 2.24) is 9.55 Å². The van der Waals surface area contributed by atoms with Gasteiger partial charge in [-0.05, 0) is 12.1 Å². The fraction of sp³-hybridized carbons (Fsp3) is 0.286. The molecule has 0 aliphatic heterocycles. The molecule has 4 nitrogen and oxygen atoms in total. The Bertz CT molecular complexity index is 675. The van der Waals surface area contributed by atoms with Crippen LogP contribution < -0.4 is 11.1 Å². The van der Waals surface area contributed by atoms with Gasteiger partial charge in [0.1, 0.15) is 6.67 Å². The molecule has 0 unspecified atom stereocenters. The van der Waals surface area contributed by atoms with Gasteiger partial charge in [0.2, 0.25) is 5.56 Å². The van der Waals surface area contributed by atoms with E-state index in [2.05, 4.69) is 52.8 Å². The second-order valence-electron chi connectivity index (χ2n) is 3.81. The van der Waals surface area contributed by atoms with Gasteiger partial charge in [-0.1, -0.05) is 47.8 Å². The minimum absolute atomic E-state index is 0.0839. The van der Waals surface area contributed by atoms with Crippen LogP contribution in [0.15, 0.2) is 55.2 Å². The second kappa shape index (κ2) is 13.6. The van der Waals surface area contributed by atoms with Crippen LogP contribution in [-0.2, 0) is 6.54 Å². The van der Waals surface area contributed by atoms with Crippen molar-refractivity contribution in [2.24, 2.45) is 0 Å². The van der Waals surface area contributed by atoms with Crippen molar-refractivity contribution in [3.05, 3.63) is 66.3 Å². The Morgan fingerprint density at radius 2 is 1.65 bits per heavy atom. The summed E-state index contributed by atoms with van der Waals surface area (Å²) in [4.78, 5) is 23.9. The zero-order valence-electron chi connectivity index (χ0n) is 11.9. The first-order valence-electron chi connectivity index (χ1n) is 6.32. The number of aromatic nitrogens is 2. The van der Waals surface area contributed by atoms with Gasteiger partial charge in [-0.2, -0.15) is 0 Å². The van der Waals surface area contributed by atoms with Crippen molar-refractivity contribution in [1.29, 1.82) is 0 Å². The van der Waals surface area contributed by atoms with E-state index in [1.807, 2.05) is 0 Å². The van der Waals surface area contributed by atoms with E-state index in [1.165, 1.54) is 16.7 Å². The molecular weight excluding hydrogens is 506 g/mol. The molecule has 2 aromatic rings. The fourth-order valence-corrected chi connectivity index (χ4v) is 1.83. The van der Waals surface area contributed by atoms with Crippen molar-refractivity contribution in [3.8, 4) is 0 Å². The number of halogens is 5. The average Bonchev–Trinajstić information content (AvgIpc) is 2.51. The van der Waals surface area contributed by atoms with Crippen LogP contribution in [0.1, 0.15) is 0 Å². The predicted molar refractivity (Wildman–Crippen MR) is 98.9 cm³/mol. The normalized spacial score (nSPS) is 9.26. The Hall–Kier alpha value is -0.800. The maximum atomic E-state index is 11.8. The SMILES string of the molecule is FCCBr.O=c1cc(Br)cc[nH]1.O=c1cc(Br)ccn1CCF. The Morgan fingerprint density at radius 1 is 1.04 bits per heavy atom. The van der Waals surface area contributed by atoms with Gasteiger partial charge in [-0.15, -0.1) is 0 Å². The molecule has 128 valence electrons. The zero-order valence-corrected chi connectivity index (χ0v) is 16.7. The lowest BCUT2D eigenvalue weighted by Gasteiger charge is -2.00. The van der Waals surface area contributed by atoms with Gasteiger partial charge in [0, 0.05) is 38.8 Å². The summed E-state index contributed by atoms with van der Waals surface area (Å²) in [6.45, 7) is -0.645. The van der Waals surface area contributed by atoms with Gasteiger partial charge in [-0.25, -0.2) is 4.39 Å². The maximum absolute atomic E-state index is 11.8. The predicted octanol–water partition coefficient (Wildman–Crippen LogP) is 4.07. The van der Waals surface area contributed by atoms with Crippen LogP contribution in [-0.4, -0.2) is 28.2 Å². The summed E-state index contributed by atoms with van der Waals surface area (Å²) >= 11 is 9.16. The Morgan fingerprint density at radius 3 is 2.04 bits per heavy atom. The van der Waals surface area contributed by atoms with Crippen LogP contribution in [0.25, 0.3) is 0 Å². The Kier molecular flexibility index (Phi) is 13.1. The summed E-state index contributed by atoms with van der Waals surface area (Å²) < 4.78 is 25.3. The van der Waals surface area contributed by atoms with E-state index in [-0.39, 0.29) is 24.3 Å². The maximum Gasteiger partial charge on any atom is 0.251 e. The molecule has 0 saturated carbocycles. The highest BCUT2D eigenvalue weighted by atomic mass is 79.9. The summed E-state index contributed by atoms with van der Waals surface area (Å²) in [6, 6.07) is 6.36. The highest BCUT2D eigenvalue weighted by molar-refractivity contribution is 9.10. The van der Waals surface area contributed by atoms with Crippen LogP contribution >= 0.6 is 47.8 Å². The fourth-order valence-electron chi connectivity index (χ4n) is 1.18. The van der Waals surface area contributed by atoms with E-state index in [4.69, 9.17) is 0 Å². The number of hydrogen-bond acceptors (Lipinski definition) is 2. The third kappa shape index (κ3) is 11.4. The molecule has 0 radical (unpaired) electrons. The molecule has 0 amide bonds. The molecule has 9 heteroatoms. The van der Waals surface area contributed by atoms with Crippen LogP contribution in [0.3, 0.4) is 0 Å². The van der Waals surface area contributed by atoms with Crippen LogP contribution in [0.5, 0.6) is 0 Å². The third-order valence-corrected chi connectivity index (χ3v) is 3.38. The molecule has 1 N–H and O–H groups in total. The molecule has 2 aromatic heterocycles. The first kappa shape index (κ1) is 22.2. The molecule has 0 fully saturated rings. The lowest BCUT2D eigenvalue weighted by Crippen LogP contribution is -2.18. The molecule has 0 aromatic carbocycles. The first-order valence-corrected chi connectivity index (χ1v) is 9.03. The number of alkyl halides is 3. The topological polar surface area (TPSA) is 54.9 Å². The van der Waals surface area contributed by atoms with Crippen molar-refractivity contribution in [2.75, 3.05) is 18.7 Å². The molecule has 0 aliphatic rings. The minimum Gasteiger partial charge on any atom is -0.329 e. The van der Waals surface area contributed by atoms with Crippen molar-refractivity contribution in [2.45, 2.75) is 6.54 Å². The molecule has 0 saturated heterocycles. The lowest BCUT2D eigenvalue weighted by atomic mass is 10.5. The van der Waals surface area contributed by atoms with Crippen molar-refractivity contribution >= 4 is 47.8 Å². The van der Waals surface area contributed by atoms with Gasteiger partial charge >= 0.3 is 0 Å². The van der Waals surface area contributed by atoms with Crippen molar-refractivity contribution in [3.63, 3.8) is 0 Å². The van der Waals surface area contributed by atoms with E-state index < -0.39 is 6.67 Å². The molecule has 0 spiro atoms. The summed E-state index contributed by atoms with van der Waals surface area (Å²) in [5.41, 5.74) is -0.267. The number of nitrogens with one attached hydrogen (secondary N) is 1. The Labute approximate surface area is 157 Å². The molecule has 23 heavy (non-hydrogen) atoms. The number of hydrogen-bond donors (Lipinski definition) is 1. The summed E-state index contributed by atoms with van der Waals surface area (Å²) in [5, 5.41) is 0.465. The monoisotopic (exact) mass is 518 g/mol. The molecule has 0 bridgehead atoms. The molecule has 2 heterocycles. The number of nitrogens with zero attached hydrogens (tertiary/aromatic N) is 1. The van der Waals surface area contributed by atoms with Gasteiger partial charge in [0.05, 0.1) is 13.2 Å². The number of H-pyrrole nitrogens is 1. The van der Waals surface area contributed by atoms with E-state index in [0.29, 0.717) is 5.33 Å². The van der Waals surface area contributed by atoms with Gasteiger partial charge in [-0.3, -0.25) is 14.0 Å². The Balaban J connectivity index is 0.000000354. The summed E-state index contributed by atoms with van der Waals surface area (Å²) in [5.74, 6) is 0. The highest BCUT2D eigenvalue weighted by Crippen LogP contribution is 2.03. The smallest absolute Gasteiger partial charge is 0.251 e. The van der Waals surface area contributed by atoms with E-state index in [9.17, 15) is 18.4 Å². The third-order valence-electron chi connectivity index (χ3n) is 2.09. The molecular formula is C14H15Br3F2N2O2. The first-order chi connectivity index (χ1) is 10.9. The van der Waals surface area contributed by atoms with Gasteiger partial charge < -0.3 is 9.55 Å². The number of rotatable bonds is 3. The number of aromatic amines is 1. The number of pyridine rings is 2. The van der Waals surface area contributed by atoms with Crippen molar-refractivity contribution < 1.29 is 8.78 Å². The lowest BCUT2D eigenvalue weighted by molar-refractivity contribution is 0.440. The van der Waals surface area contributed by atoms with Gasteiger partial charge in [0.15, 0.2) is 0 Å². The molecule has 0 atom stereocenters. The quantitative estimate of drug-likeness (QED) is 0.620. The van der Waals surface area contributed by atoms with E-state index in [0.717, 1.165) is 8.95 Å². The second-order valence-corrected chi connectivity index (χ2v) is 6.44. The number of aryl methyl sites for hydroxylation is 1. The average molecular weight is 521 g/mol. The van der Waals surface area contributed by atoms with E-state index >= 15 is 0 Å². The zero-order chi connectivity index (χ0) is 17.7. The highest BCUT2D eigenvalue weighted by Gasteiger charge is 1.94. The molecule has 0 aliphatic carbocycles. The van der Waals surface area contributed by atoms with Crippen LogP contribution in [0, 0.1) is 0 Å². The summed E-state index contributed by atoms with van der Waals surface area (Å²) in [6.07, 6.45) is 3.15. The minimum atomic E-state index is -0.512. The van der Waals surface area contributed by atoms with Crippen LogP contribution in [0.4, 0.5) is 8.78 Å². The molecule has 2 rings (SSSR count). The van der Waals surface area contributed by atoms with E-state index in [1.54, 1.807) is 24.5 Å². The van der Waals surface area contributed by atoms with Crippen LogP contribution in [0.2, 0.25) is 0 Å². The standard InChI is InChI=1S/C7H7BrFNO.C5H4BrNO.C2H4BrF/c8-6-1-3-10(4-2-9)7(11)5-6;6-4-1-2-7-5(8)3-4;3-1-2-4/h1,3,5H,2,4H2;1-3H,(H,7,8);1-2H2.